The molecule has 29 heavy (non-hydrogen) atoms. The molecule has 5 atom stereocenters. The number of ether oxygens (including phenoxy) is 2. The molecule has 0 radical (unpaired) electrons. The summed E-state index contributed by atoms with van der Waals surface area (Å²) in [5, 5.41) is 21.5. The third-order valence-corrected chi connectivity index (χ3v) is 5.85. The van der Waals surface area contributed by atoms with E-state index in [1.807, 2.05) is 6.92 Å². The Labute approximate surface area is 172 Å². The molecular formula is C18H27N5O5S. The van der Waals surface area contributed by atoms with Gasteiger partial charge in [0.2, 0.25) is 0 Å². The average Bonchev–Trinajstić information content (AvgIpc) is 3.26. The van der Waals surface area contributed by atoms with E-state index >= 15 is 0 Å². The number of aromatic nitrogens is 3. The fourth-order valence-electron chi connectivity index (χ4n) is 3.13. The molecule has 2 aromatic heterocycles. The van der Waals surface area contributed by atoms with Gasteiger partial charge in [0, 0.05) is 11.9 Å². The van der Waals surface area contributed by atoms with Crippen molar-refractivity contribution in [2.45, 2.75) is 50.3 Å². The van der Waals surface area contributed by atoms with Crippen molar-refractivity contribution < 1.29 is 24.5 Å². The molecule has 3 rings (SSSR count). The smallest absolute Gasteiger partial charge is 0.322 e. The van der Waals surface area contributed by atoms with Crippen LogP contribution >= 0.6 is 11.8 Å². The number of nitrogens with zero attached hydrogens (tertiary/aromatic N) is 3. The summed E-state index contributed by atoms with van der Waals surface area (Å²) in [6.07, 6.45) is 0.740. The first-order valence-corrected chi connectivity index (χ1v) is 10.7. The average molecular weight is 426 g/mol. The molecule has 1 saturated heterocycles. The van der Waals surface area contributed by atoms with Crippen LogP contribution in [-0.2, 0) is 14.3 Å². The molecule has 0 aliphatic carbocycles. The summed E-state index contributed by atoms with van der Waals surface area (Å²) in [5.74, 6) is 0.983. The Morgan fingerprint density at radius 1 is 1.41 bits per heavy atom. The van der Waals surface area contributed by atoms with Crippen molar-refractivity contribution in [3.05, 3.63) is 18.6 Å². The molecule has 1 aliphatic rings. The van der Waals surface area contributed by atoms with E-state index in [0.29, 0.717) is 41.4 Å². The van der Waals surface area contributed by atoms with Gasteiger partial charge in [-0.1, -0.05) is 6.92 Å². The zero-order valence-corrected chi connectivity index (χ0v) is 17.0. The Kier molecular flexibility index (Phi) is 7.30. The number of carbonyl (C=O) groups excluding carboxylic acids is 1. The van der Waals surface area contributed by atoms with Crippen LogP contribution in [0.5, 0.6) is 0 Å². The lowest BCUT2D eigenvalue weighted by Gasteiger charge is -2.17. The van der Waals surface area contributed by atoms with E-state index in [9.17, 15) is 15.0 Å². The number of hydrogen-bond acceptors (Lipinski definition) is 10. The first-order valence-electron chi connectivity index (χ1n) is 9.52. The van der Waals surface area contributed by atoms with Crippen molar-refractivity contribution >= 4 is 34.6 Å². The number of anilines is 1. The molecule has 1 aliphatic heterocycles. The van der Waals surface area contributed by atoms with Crippen LogP contribution in [0.4, 0.5) is 5.82 Å². The fraction of sp³-hybridized carbons (Fsp3) is 0.611. The standard InChI is InChI=1S/C18H27N5O5S/c1-2-6-27-18(26)11(19)4-7-29-8-12-13(24)14(25)17(28-12)23-5-3-10-15(20)21-9-22-16(10)23/h3,5,9,11-14,17,24-25H,2,4,6-8,19H2,1H3,(H2,20,21,22)/t11-,12+,13+,14+,17+/m0/s1. The lowest BCUT2D eigenvalue weighted by atomic mass is 10.1. The molecule has 0 spiro atoms. The number of thioether (sulfide) groups is 1. The van der Waals surface area contributed by atoms with Crippen LogP contribution in [0, 0.1) is 0 Å². The number of esters is 1. The molecule has 0 unspecified atom stereocenters. The summed E-state index contributed by atoms with van der Waals surface area (Å²) in [7, 11) is 0. The van der Waals surface area contributed by atoms with Crippen LogP contribution in [-0.4, -0.2) is 73.2 Å². The van der Waals surface area contributed by atoms with Gasteiger partial charge in [-0.2, -0.15) is 11.8 Å². The maximum Gasteiger partial charge on any atom is 0.322 e. The third kappa shape index (κ3) is 4.81. The number of rotatable bonds is 9. The Morgan fingerprint density at radius 3 is 2.97 bits per heavy atom. The van der Waals surface area contributed by atoms with E-state index in [1.165, 1.54) is 18.1 Å². The largest absolute Gasteiger partial charge is 0.465 e. The maximum atomic E-state index is 11.7. The number of aliphatic hydroxyl groups is 2. The fourth-order valence-corrected chi connectivity index (χ4v) is 4.23. The minimum absolute atomic E-state index is 0.336. The highest BCUT2D eigenvalue weighted by molar-refractivity contribution is 7.99. The van der Waals surface area contributed by atoms with Crippen molar-refractivity contribution in [2.24, 2.45) is 5.73 Å². The summed E-state index contributed by atoms with van der Waals surface area (Å²) in [6, 6.07) is 1.08. The predicted molar refractivity (Wildman–Crippen MR) is 109 cm³/mol. The van der Waals surface area contributed by atoms with Gasteiger partial charge in [-0.3, -0.25) is 4.79 Å². The Bertz CT molecular complexity index is 834. The summed E-state index contributed by atoms with van der Waals surface area (Å²) in [5.41, 5.74) is 12.2. The highest BCUT2D eigenvalue weighted by Crippen LogP contribution is 2.34. The summed E-state index contributed by atoms with van der Waals surface area (Å²) in [4.78, 5) is 19.8. The van der Waals surface area contributed by atoms with Gasteiger partial charge in [0.05, 0.1) is 18.1 Å². The molecule has 11 heteroatoms. The monoisotopic (exact) mass is 425 g/mol. The van der Waals surface area contributed by atoms with Gasteiger partial charge in [0.15, 0.2) is 6.23 Å². The molecule has 3 heterocycles. The molecule has 2 aromatic rings. The molecule has 1 fully saturated rings. The zero-order chi connectivity index (χ0) is 21.0. The number of fused-ring (bicyclic) bond motifs is 1. The molecular weight excluding hydrogens is 398 g/mol. The maximum absolute atomic E-state index is 11.7. The molecule has 0 saturated carbocycles. The molecule has 0 bridgehead atoms. The summed E-state index contributed by atoms with van der Waals surface area (Å²) >= 11 is 1.49. The Balaban J connectivity index is 1.53. The third-order valence-electron chi connectivity index (χ3n) is 4.76. The number of aliphatic hydroxyl groups excluding tert-OH is 2. The normalized spacial score (nSPS) is 25.4. The number of hydrogen-bond donors (Lipinski definition) is 4. The quantitative estimate of drug-likeness (QED) is 0.319. The van der Waals surface area contributed by atoms with Gasteiger partial charge in [0.1, 0.15) is 36.0 Å². The Morgan fingerprint density at radius 2 is 2.21 bits per heavy atom. The van der Waals surface area contributed by atoms with Crippen LogP contribution in [0.1, 0.15) is 26.0 Å². The van der Waals surface area contributed by atoms with Gasteiger partial charge in [-0.05, 0) is 24.7 Å². The second-order valence-electron chi connectivity index (χ2n) is 6.90. The lowest BCUT2D eigenvalue weighted by molar-refractivity contribution is -0.145. The highest BCUT2D eigenvalue weighted by atomic mass is 32.2. The molecule has 0 amide bonds. The molecule has 0 aromatic carbocycles. The van der Waals surface area contributed by atoms with Crippen LogP contribution in [0.2, 0.25) is 0 Å². The first kappa shape index (κ1) is 21.8. The second kappa shape index (κ2) is 9.72. The van der Waals surface area contributed by atoms with Gasteiger partial charge >= 0.3 is 5.97 Å². The lowest BCUT2D eigenvalue weighted by Crippen LogP contribution is -2.34. The van der Waals surface area contributed by atoms with Crippen LogP contribution < -0.4 is 11.5 Å². The zero-order valence-electron chi connectivity index (χ0n) is 16.2. The van der Waals surface area contributed by atoms with E-state index in [4.69, 9.17) is 20.9 Å². The number of nitrogen functional groups attached to an aromatic ring is 1. The van der Waals surface area contributed by atoms with E-state index < -0.39 is 36.6 Å². The van der Waals surface area contributed by atoms with Crippen molar-refractivity contribution in [1.29, 1.82) is 0 Å². The predicted octanol–water partition coefficient (Wildman–Crippen LogP) is 0.0365. The van der Waals surface area contributed by atoms with Crippen LogP contribution in [0.15, 0.2) is 18.6 Å². The summed E-state index contributed by atoms with van der Waals surface area (Å²) in [6.45, 7) is 2.29. The summed E-state index contributed by atoms with van der Waals surface area (Å²) < 4.78 is 12.6. The van der Waals surface area contributed by atoms with Crippen LogP contribution in [0.3, 0.4) is 0 Å². The molecule has 6 N–H and O–H groups in total. The van der Waals surface area contributed by atoms with Gasteiger partial charge < -0.3 is 35.7 Å². The van der Waals surface area contributed by atoms with Crippen molar-refractivity contribution in [2.75, 3.05) is 23.8 Å². The van der Waals surface area contributed by atoms with E-state index in [1.54, 1.807) is 16.8 Å². The van der Waals surface area contributed by atoms with Crippen molar-refractivity contribution in [3.63, 3.8) is 0 Å². The minimum atomic E-state index is -1.11. The first-order chi connectivity index (χ1) is 13.9. The van der Waals surface area contributed by atoms with Gasteiger partial charge in [-0.25, -0.2) is 9.97 Å². The molecule has 10 nitrogen and oxygen atoms in total. The minimum Gasteiger partial charge on any atom is -0.465 e. The Hall–Kier alpha value is -1.92. The number of carbonyl (C=O) groups is 1. The highest BCUT2D eigenvalue weighted by Gasteiger charge is 2.43. The van der Waals surface area contributed by atoms with Crippen LogP contribution in [0.25, 0.3) is 11.0 Å². The SMILES string of the molecule is CCCOC(=O)[C@@H](N)CCSC[C@H]1O[C@@H](n2ccc3c(N)ncnc32)[C@H](O)[C@@H]1O. The number of nitrogens with two attached hydrogens (primary N) is 2. The van der Waals surface area contributed by atoms with Gasteiger partial charge in [-0.15, -0.1) is 0 Å². The topological polar surface area (TPSA) is 159 Å². The van der Waals surface area contributed by atoms with E-state index in [-0.39, 0.29) is 0 Å². The van der Waals surface area contributed by atoms with Gasteiger partial charge in [0.25, 0.3) is 0 Å². The van der Waals surface area contributed by atoms with E-state index in [2.05, 4.69) is 9.97 Å². The van der Waals surface area contributed by atoms with Crippen molar-refractivity contribution in [1.82, 2.24) is 14.5 Å². The second-order valence-corrected chi connectivity index (χ2v) is 8.05. The van der Waals surface area contributed by atoms with E-state index in [0.717, 1.165) is 6.42 Å². The molecule has 160 valence electrons. The van der Waals surface area contributed by atoms with Crippen molar-refractivity contribution in [3.8, 4) is 0 Å².